The summed E-state index contributed by atoms with van der Waals surface area (Å²) in [7, 11) is 0. The molecule has 0 aliphatic carbocycles. The summed E-state index contributed by atoms with van der Waals surface area (Å²) < 4.78 is 2.49. The number of para-hydroxylation sites is 3. The maximum atomic E-state index is 4.82. The van der Waals surface area contributed by atoms with Crippen LogP contribution in [0.5, 0.6) is 0 Å². The van der Waals surface area contributed by atoms with Crippen LogP contribution >= 0.6 is 11.3 Å². The van der Waals surface area contributed by atoms with Crippen LogP contribution in [-0.2, 0) is 10.8 Å². The second-order valence-corrected chi connectivity index (χ2v) is 20.0. The van der Waals surface area contributed by atoms with Crippen molar-refractivity contribution in [1.29, 1.82) is 0 Å². The van der Waals surface area contributed by atoms with Crippen molar-refractivity contribution in [3.63, 3.8) is 0 Å². The molecule has 7 heterocycles. The zero-order valence-electron chi connectivity index (χ0n) is 39.3. The summed E-state index contributed by atoms with van der Waals surface area (Å²) in [6, 6.07) is 75.7. The van der Waals surface area contributed by atoms with Gasteiger partial charge >= 0.3 is 0 Å². The lowest BCUT2D eigenvalue weighted by molar-refractivity contribution is 0.722. The van der Waals surface area contributed by atoms with Crippen molar-refractivity contribution in [2.75, 3.05) is 9.80 Å². The van der Waals surface area contributed by atoms with E-state index < -0.39 is 10.8 Å². The molecule has 7 heteroatoms. The van der Waals surface area contributed by atoms with Crippen molar-refractivity contribution < 1.29 is 0 Å². The Bertz CT molecular complexity index is 4110. The summed E-state index contributed by atoms with van der Waals surface area (Å²) >= 11 is 1.85. The highest BCUT2D eigenvalue weighted by Crippen LogP contribution is 2.63. The highest BCUT2D eigenvalue weighted by atomic mass is 32.1. The Labute approximate surface area is 425 Å². The van der Waals surface area contributed by atoms with Crippen LogP contribution in [0.15, 0.2) is 256 Å². The molecular weight excluding hydrogens is 909 g/mol. The molecule has 0 spiro atoms. The van der Waals surface area contributed by atoms with Gasteiger partial charge < -0.3 is 9.80 Å². The van der Waals surface area contributed by atoms with Crippen molar-refractivity contribution in [2.45, 2.75) is 10.8 Å². The number of anilines is 6. The van der Waals surface area contributed by atoms with Gasteiger partial charge in [-0.15, -0.1) is 11.3 Å². The van der Waals surface area contributed by atoms with Gasteiger partial charge in [0.2, 0.25) is 0 Å². The molecule has 5 aromatic heterocycles. The van der Waals surface area contributed by atoms with Crippen molar-refractivity contribution in [2.24, 2.45) is 0 Å². The van der Waals surface area contributed by atoms with E-state index in [0.29, 0.717) is 0 Å². The van der Waals surface area contributed by atoms with Crippen LogP contribution in [0.25, 0.3) is 41.7 Å². The minimum atomic E-state index is -0.774. The number of aromatic nitrogens is 4. The Balaban J connectivity index is 1.07. The topological polar surface area (TPSA) is 58.0 Å². The fraction of sp³-hybridized carbons (Fsp3) is 0.0303. The van der Waals surface area contributed by atoms with Gasteiger partial charge in [0.25, 0.3) is 0 Å². The molecule has 342 valence electrons. The largest absolute Gasteiger partial charge is 0.309 e. The lowest BCUT2D eigenvalue weighted by Crippen LogP contribution is -2.38. The molecule has 0 bridgehead atoms. The Kier molecular flexibility index (Phi) is 9.16. The highest BCUT2D eigenvalue weighted by Gasteiger charge is 2.50. The van der Waals surface area contributed by atoms with E-state index in [0.717, 1.165) is 94.6 Å². The summed E-state index contributed by atoms with van der Waals surface area (Å²) in [5.74, 6) is 0. The highest BCUT2D eigenvalue weighted by molar-refractivity contribution is 7.25. The van der Waals surface area contributed by atoms with Crippen LogP contribution in [0, 0.1) is 0 Å². The van der Waals surface area contributed by atoms with Crippen molar-refractivity contribution in [1.82, 2.24) is 19.9 Å². The van der Waals surface area contributed by atoms with E-state index in [1.54, 1.807) is 0 Å². The fourth-order valence-electron chi connectivity index (χ4n) is 12.7. The number of rotatable bonds is 6. The minimum absolute atomic E-state index is 0.716. The molecule has 0 unspecified atom stereocenters. The van der Waals surface area contributed by atoms with Gasteiger partial charge in [0.15, 0.2) is 0 Å². The van der Waals surface area contributed by atoms with E-state index in [4.69, 9.17) is 19.9 Å². The first kappa shape index (κ1) is 41.5. The number of fused-ring (bicyclic) bond motifs is 9. The molecule has 0 saturated carbocycles. The molecule has 0 fully saturated rings. The number of nitrogens with zero attached hydrogens (tertiary/aromatic N) is 6. The minimum Gasteiger partial charge on any atom is -0.309 e. The molecule has 0 radical (unpaired) electrons. The van der Waals surface area contributed by atoms with Gasteiger partial charge in [-0.2, -0.15) is 0 Å². The maximum absolute atomic E-state index is 4.82. The van der Waals surface area contributed by atoms with E-state index in [9.17, 15) is 0 Å². The van der Waals surface area contributed by atoms with Crippen molar-refractivity contribution in [3.05, 3.63) is 300 Å². The summed E-state index contributed by atoms with van der Waals surface area (Å²) in [5, 5.41) is 7.02. The summed E-state index contributed by atoms with van der Waals surface area (Å²) in [6.07, 6.45) is 15.6. The lowest BCUT2D eigenvalue weighted by Gasteiger charge is -2.47. The molecule has 8 aromatic carbocycles. The van der Waals surface area contributed by atoms with Crippen LogP contribution in [-0.4, -0.2) is 19.9 Å². The first-order chi connectivity index (χ1) is 36.3. The third kappa shape index (κ3) is 5.74. The molecule has 0 saturated heterocycles. The Morgan fingerprint density at radius 3 is 1.05 bits per heavy atom. The molecule has 6 nitrogen and oxygen atoms in total. The van der Waals surface area contributed by atoms with Crippen molar-refractivity contribution in [3.8, 4) is 0 Å². The van der Waals surface area contributed by atoms with E-state index in [2.05, 4.69) is 204 Å². The predicted octanol–water partition coefficient (Wildman–Crippen LogP) is 16.3. The molecule has 0 amide bonds. The van der Waals surface area contributed by atoms with Gasteiger partial charge in [-0.3, -0.25) is 19.9 Å². The summed E-state index contributed by atoms with van der Waals surface area (Å²) in [4.78, 5) is 24.2. The number of hydrogen-bond donors (Lipinski definition) is 0. The van der Waals surface area contributed by atoms with Gasteiger partial charge in [0.05, 0.1) is 45.0 Å². The average molecular weight is 951 g/mol. The second kappa shape index (κ2) is 16.1. The first-order valence-corrected chi connectivity index (χ1v) is 25.5. The number of thiophene rings is 1. The molecule has 0 N–H and O–H groups in total. The van der Waals surface area contributed by atoms with Gasteiger partial charge in [0.1, 0.15) is 0 Å². The Morgan fingerprint density at radius 1 is 0.288 bits per heavy atom. The van der Waals surface area contributed by atoms with Crippen LogP contribution in [0.1, 0.15) is 44.5 Å². The fourth-order valence-corrected chi connectivity index (χ4v) is 13.8. The lowest BCUT2D eigenvalue weighted by atomic mass is 9.63. The summed E-state index contributed by atoms with van der Waals surface area (Å²) in [5.41, 5.74) is 14.1. The summed E-state index contributed by atoms with van der Waals surface area (Å²) in [6.45, 7) is 0. The number of hydrogen-bond acceptors (Lipinski definition) is 7. The van der Waals surface area contributed by atoms with Crippen LogP contribution in [0.3, 0.4) is 0 Å². The third-order valence-electron chi connectivity index (χ3n) is 15.5. The Hall–Kier alpha value is -9.30. The molecule has 73 heavy (non-hydrogen) atoms. The van der Waals surface area contributed by atoms with Crippen LogP contribution in [0.4, 0.5) is 34.1 Å². The smallest absolute Gasteiger partial charge is 0.0772 e. The van der Waals surface area contributed by atoms with Gasteiger partial charge in [-0.1, -0.05) is 146 Å². The maximum Gasteiger partial charge on any atom is 0.0772 e. The molecular formula is C66H42N6S. The monoisotopic (exact) mass is 950 g/mol. The SMILES string of the molecule is c1cncc(C2(c3cccnc3)c3ccccc3N(c3c4ccccc4c(N4c5ccccc5C(c5cccnc5)(c5cccnc5)c5cc6c(cc54)sc4ccccc46)c4ccccc34)c3ccccc32)c1. The van der Waals surface area contributed by atoms with E-state index in [1.165, 1.54) is 25.7 Å². The predicted molar refractivity (Wildman–Crippen MR) is 299 cm³/mol. The number of pyridine rings is 4. The molecule has 15 rings (SSSR count). The molecule has 2 aliphatic heterocycles. The standard InChI is InChI=1S/C66H42N6S/c1-3-24-50-48(22-1)63(71-57-29-9-6-26-53(57)65(43-17-13-33-67-39-43,44-18-14-34-68-40-44)54-27-7-10-30-58(54)71)49-23-2-4-25-51(49)64(50)72-59-31-11-8-28-55(59)66(45-19-15-35-69-41-45,46-20-16-36-70-42-46)56-37-52-47-21-5-12-32-61(47)73-62(52)38-60(56)72/h1-42H. The third-order valence-corrected chi connectivity index (χ3v) is 16.6. The molecule has 2 aliphatic rings. The van der Waals surface area contributed by atoms with Gasteiger partial charge in [-0.05, 0) is 105 Å². The quantitative estimate of drug-likeness (QED) is 0.155. The Morgan fingerprint density at radius 2 is 0.644 bits per heavy atom. The van der Waals surface area contributed by atoms with Crippen LogP contribution < -0.4 is 9.80 Å². The van der Waals surface area contributed by atoms with Gasteiger partial charge in [-0.25, -0.2) is 0 Å². The second-order valence-electron chi connectivity index (χ2n) is 18.9. The normalized spacial score (nSPS) is 14.2. The van der Waals surface area contributed by atoms with E-state index in [-0.39, 0.29) is 0 Å². The first-order valence-electron chi connectivity index (χ1n) is 24.7. The average Bonchev–Trinajstić information content (AvgIpc) is 3.84. The van der Waals surface area contributed by atoms with Crippen LogP contribution in [0.2, 0.25) is 0 Å². The van der Waals surface area contributed by atoms with Crippen molar-refractivity contribution >= 4 is 87.2 Å². The van der Waals surface area contributed by atoms with E-state index >= 15 is 0 Å². The number of benzene rings is 8. The molecule has 0 atom stereocenters. The van der Waals surface area contributed by atoms with Gasteiger partial charge in [0, 0.05) is 91.3 Å². The van der Waals surface area contributed by atoms with E-state index in [1.807, 2.05) is 73.0 Å². The zero-order valence-corrected chi connectivity index (χ0v) is 40.2. The zero-order chi connectivity index (χ0) is 48.1. The molecule has 13 aromatic rings.